The number of hydrogen-bond donors (Lipinski definition) is 1. The van der Waals surface area contributed by atoms with Gasteiger partial charge in [0.05, 0.1) is 18.7 Å². The third-order valence-corrected chi connectivity index (χ3v) is 6.83. The van der Waals surface area contributed by atoms with Crippen LogP contribution in [0.3, 0.4) is 0 Å². The molecule has 2 aromatic rings. The highest BCUT2D eigenvalue weighted by Gasteiger charge is 2.29. The van der Waals surface area contributed by atoms with Gasteiger partial charge in [0.1, 0.15) is 11.6 Å². The largest absolute Gasteiger partial charge is 0.373 e. The molecule has 2 amide bonds. The quantitative estimate of drug-likeness (QED) is 0.799. The van der Waals surface area contributed by atoms with Gasteiger partial charge >= 0.3 is 0 Å². The van der Waals surface area contributed by atoms with Gasteiger partial charge in [0.25, 0.3) is 0 Å². The Morgan fingerprint density at radius 3 is 2.66 bits per heavy atom. The SMILES string of the molecule is CNc1nc([C@H]2CCCN(C(=O)Cc3ccc(C)c(C)c3)C2)nc2c1CN(C(C)=O)CC2. The predicted molar refractivity (Wildman–Crippen MR) is 125 cm³/mol. The molecule has 0 spiro atoms. The van der Waals surface area contributed by atoms with Crippen molar-refractivity contribution in [3.63, 3.8) is 0 Å². The van der Waals surface area contributed by atoms with Gasteiger partial charge in [0, 0.05) is 51.5 Å². The molecule has 1 saturated heterocycles. The van der Waals surface area contributed by atoms with Crippen molar-refractivity contribution in [2.45, 2.75) is 58.9 Å². The van der Waals surface area contributed by atoms with Crippen molar-refractivity contribution in [3.8, 4) is 0 Å². The van der Waals surface area contributed by atoms with Crippen LogP contribution in [0.2, 0.25) is 0 Å². The van der Waals surface area contributed by atoms with Crippen molar-refractivity contribution < 1.29 is 9.59 Å². The molecule has 32 heavy (non-hydrogen) atoms. The summed E-state index contributed by atoms with van der Waals surface area (Å²) in [5, 5.41) is 3.20. The number of aromatic nitrogens is 2. The highest BCUT2D eigenvalue weighted by molar-refractivity contribution is 5.79. The monoisotopic (exact) mass is 435 g/mol. The number of nitrogens with one attached hydrogen (secondary N) is 1. The van der Waals surface area contributed by atoms with Gasteiger partial charge < -0.3 is 15.1 Å². The van der Waals surface area contributed by atoms with Crippen LogP contribution in [0, 0.1) is 13.8 Å². The van der Waals surface area contributed by atoms with Crippen molar-refractivity contribution in [2.75, 3.05) is 32.0 Å². The van der Waals surface area contributed by atoms with Crippen molar-refractivity contribution in [3.05, 3.63) is 52.0 Å². The van der Waals surface area contributed by atoms with Gasteiger partial charge in [-0.05, 0) is 43.4 Å². The Balaban J connectivity index is 1.50. The summed E-state index contributed by atoms with van der Waals surface area (Å²) in [4.78, 5) is 38.4. The molecule has 1 atom stereocenters. The Morgan fingerprint density at radius 2 is 1.94 bits per heavy atom. The number of carbonyl (C=O) groups excluding carboxylic acids is 2. The van der Waals surface area contributed by atoms with Gasteiger partial charge in [-0.3, -0.25) is 9.59 Å². The summed E-state index contributed by atoms with van der Waals surface area (Å²) in [5.74, 6) is 1.99. The molecule has 0 bridgehead atoms. The average Bonchev–Trinajstić information content (AvgIpc) is 2.80. The fourth-order valence-electron chi connectivity index (χ4n) is 4.71. The zero-order valence-corrected chi connectivity index (χ0v) is 19.6. The Labute approximate surface area is 190 Å². The number of hydrogen-bond acceptors (Lipinski definition) is 5. The molecular formula is C25H33N5O2. The molecule has 1 aromatic carbocycles. The van der Waals surface area contributed by atoms with E-state index in [1.807, 2.05) is 16.8 Å². The number of carbonyl (C=O) groups is 2. The van der Waals surface area contributed by atoms with Crippen LogP contribution in [0.4, 0.5) is 5.82 Å². The summed E-state index contributed by atoms with van der Waals surface area (Å²) in [7, 11) is 1.86. The molecule has 7 nitrogen and oxygen atoms in total. The smallest absolute Gasteiger partial charge is 0.227 e. The van der Waals surface area contributed by atoms with E-state index in [4.69, 9.17) is 9.97 Å². The van der Waals surface area contributed by atoms with E-state index in [1.54, 1.807) is 6.92 Å². The van der Waals surface area contributed by atoms with E-state index < -0.39 is 0 Å². The van der Waals surface area contributed by atoms with Crippen LogP contribution >= 0.6 is 0 Å². The Bertz CT molecular complexity index is 1020. The van der Waals surface area contributed by atoms with Crippen LogP contribution in [-0.2, 0) is 29.0 Å². The highest BCUT2D eigenvalue weighted by Crippen LogP contribution is 2.30. The van der Waals surface area contributed by atoms with Crippen molar-refractivity contribution >= 4 is 17.6 Å². The number of amides is 2. The van der Waals surface area contributed by atoms with Gasteiger partial charge in [-0.1, -0.05) is 18.2 Å². The zero-order chi connectivity index (χ0) is 22.8. The molecule has 1 N–H and O–H groups in total. The van der Waals surface area contributed by atoms with Gasteiger partial charge in [0.15, 0.2) is 0 Å². The Morgan fingerprint density at radius 1 is 1.12 bits per heavy atom. The molecule has 0 saturated carbocycles. The van der Waals surface area contributed by atoms with Gasteiger partial charge in [-0.25, -0.2) is 9.97 Å². The maximum Gasteiger partial charge on any atom is 0.227 e. The minimum absolute atomic E-state index is 0.0759. The number of likely N-dealkylation sites (tertiary alicyclic amines) is 1. The average molecular weight is 436 g/mol. The standard InChI is InChI=1S/C25H33N5O2/c1-16-7-8-19(12-17(16)2)13-23(32)30-10-5-6-20(14-30)24-27-22-9-11-29(18(3)31)15-21(22)25(26-4)28-24/h7-8,12,20H,5-6,9-11,13-15H2,1-4H3,(H,26,27,28)/t20-/m0/s1. The van der Waals surface area contributed by atoms with E-state index in [2.05, 4.69) is 37.4 Å². The molecule has 2 aliphatic rings. The van der Waals surface area contributed by atoms with Crippen LogP contribution in [-0.4, -0.2) is 58.3 Å². The number of piperidine rings is 1. The first-order chi connectivity index (χ1) is 15.4. The second-order valence-electron chi connectivity index (χ2n) is 9.07. The third-order valence-electron chi connectivity index (χ3n) is 6.83. The molecule has 1 fully saturated rings. The lowest BCUT2D eigenvalue weighted by Crippen LogP contribution is -2.41. The van der Waals surface area contributed by atoms with E-state index in [0.29, 0.717) is 26.1 Å². The summed E-state index contributed by atoms with van der Waals surface area (Å²) in [6, 6.07) is 6.26. The minimum Gasteiger partial charge on any atom is -0.373 e. The lowest BCUT2D eigenvalue weighted by Gasteiger charge is -2.33. The molecule has 4 rings (SSSR count). The van der Waals surface area contributed by atoms with Gasteiger partial charge in [0.2, 0.25) is 11.8 Å². The molecule has 0 aliphatic carbocycles. The van der Waals surface area contributed by atoms with Gasteiger partial charge in [-0.15, -0.1) is 0 Å². The number of anilines is 1. The summed E-state index contributed by atoms with van der Waals surface area (Å²) >= 11 is 0. The fraction of sp³-hybridized carbons (Fsp3) is 0.520. The number of aryl methyl sites for hydroxylation is 2. The summed E-state index contributed by atoms with van der Waals surface area (Å²) < 4.78 is 0. The van der Waals surface area contributed by atoms with Crippen LogP contribution in [0.15, 0.2) is 18.2 Å². The highest BCUT2D eigenvalue weighted by atomic mass is 16.2. The molecule has 0 unspecified atom stereocenters. The molecule has 7 heteroatoms. The maximum atomic E-state index is 13.0. The number of nitrogens with zero attached hydrogens (tertiary/aromatic N) is 4. The predicted octanol–water partition coefficient (Wildman–Crippen LogP) is 2.99. The zero-order valence-electron chi connectivity index (χ0n) is 19.6. The van der Waals surface area contributed by atoms with E-state index in [9.17, 15) is 9.59 Å². The maximum absolute atomic E-state index is 13.0. The first-order valence-electron chi connectivity index (χ1n) is 11.5. The van der Waals surface area contributed by atoms with Crippen LogP contribution in [0.5, 0.6) is 0 Å². The lowest BCUT2D eigenvalue weighted by atomic mass is 9.95. The molecule has 170 valence electrons. The lowest BCUT2D eigenvalue weighted by molar-refractivity contribution is -0.131. The van der Waals surface area contributed by atoms with E-state index in [0.717, 1.165) is 54.3 Å². The number of benzene rings is 1. The van der Waals surface area contributed by atoms with E-state index >= 15 is 0 Å². The molecule has 2 aliphatic heterocycles. The van der Waals surface area contributed by atoms with E-state index in [-0.39, 0.29) is 17.7 Å². The summed E-state index contributed by atoms with van der Waals surface area (Å²) in [6.45, 7) is 8.46. The first kappa shape index (κ1) is 22.2. The summed E-state index contributed by atoms with van der Waals surface area (Å²) in [5.41, 5.74) is 5.57. The normalized spacial score (nSPS) is 18.3. The molecule has 3 heterocycles. The molecular weight excluding hydrogens is 402 g/mol. The van der Waals surface area contributed by atoms with Crippen molar-refractivity contribution in [1.29, 1.82) is 0 Å². The number of rotatable bonds is 4. The second kappa shape index (κ2) is 9.27. The minimum atomic E-state index is 0.0759. The summed E-state index contributed by atoms with van der Waals surface area (Å²) in [6.07, 6.45) is 3.11. The first-order valence-corrected chi connectivity index (χ1v) is 11.5. The van der Waals surface area contributed by atoms with Crippen molar-refractivity contribution in [2.24, 2.45) is 0 Å². The Hall–Kier alpha value is -2.96. The third kappa shape index (κ3) is 4.61. The molecule has 1 aromatic heterocycles. The van der Waals surface area contributed by atoms with Gasteiger partial charge in [-0.2, -0.15) is 0 Å². The fourth-order valence-corrected chi connectivity index (χ4v) is 4.71. The Kier molecular flexibility index (Phi) is 6.44. The number of fused-ring (bicyclic) bond motifs is 1. The van der Waals surface area contributed by atoms with Crippen LogP contribution in [0.1, 0.15) is 59.5 Å². The van der Waals surface area contributed by atoms with Crippen molar-refractivity contribution in [1.82, 2.24) is 19.8 Å². The van der Waals surface area contributed by atoms with Crippen LogP contribution in [0.25, 0.3) is 0 Å². The van der Waals surface area contributed by atoms with Crippen LogP contribution < -0.4 is 5.32 Å². The second-order valence-corrected chi connectivity index (χ2v) is 9.07. The topological polar surface area (TPSA) is 78.4 Å². The van der Waals surface area contributed by atoms with E-state index in [1.165, 1.54) is 11.1 Å². The molecule has 0 radical (unpaired) electrons.